The molecule has 0 saturated carbocycles. The maximum absolute atomic E-state index is 12.2. The average Bonchev–Trinajstić information content (AvgIpc) is 2.27. The van der Waals surface area contributed by atoms with E-state index in [-0.39, 0.29) is 16.9 Å². The fourth-order valence-electron chi connectivity index (χ4n) is 1.37. The van der Waals surface area contributed by atoms with Crippen LogP contribution in [-0.2, 0) is 9.22 Å². The van der Waals surface area contributed by atoms with E-state index >= 15 is 0 Å². The van der Waals surface area contributed by atoms with Crippen molar-refractivity contribution in [2.24, 2.45) is 0 Å². The normalized spacial score (nSPS) is 14.1. The van der Waals surface area contributed by atoms with Gasteiger partial charge in [-0.15, -0.1) is 0 Å². The van der Waals surface area contributed by atoms with Crippen LogP contribution in [0.15, 0.2) is 30.3 Å². The minimum Gasteiger partial charge on any atom is -0.519 e. The Kier molecular flexibility index (Phi) is 4.38. The third-order valence-electron chi connectivity index (χ3n) is 3.82. The van der Waals surface area contributed by atoms with Crippen molar-refractivity contribution in [3.63, 3.8) is 0 Å². The molecule has 1 rings (SSSR count). The van der Waals surface area contributed by atoms with E-state index in [1.165, 1.54) is 0 Å². The van der Waals surface area contributed by atoms with Gasteiger partial charge in [0.2, 0.25) is 0 Å². The van der Waals surface area contributed by atoms with E-state index in [2.05, 4.69) is 33.9 Å². The van der Waals surface area contributed by atoms with E-state index in [1.807, 2.05) is 37.3 Å². The van der Waals surface area contributed by atoms with E-state index in [1.54, 1.807) is 0 Å². The second-order valence-electron chi connectivity index (χ2n) is 6.31. The van der Waals surface area contributed by atoms with Crippen LogP contribution in [0.3, 0.4) is 0 Å². The molecule has 0 aliphatic heterocycles. The van der Waals surface area contributed by atoms with Gasteiger partial charge in [0.15, 0.2) is 0 Å². The second kappa shape index (κ2) is 5.27. The SMILES string of the molecule is CC(C(=O)O[Si](C)(C)C(C)(C)C)c1ccccc1. The van der Waals surface area contributed by atoms with Crippen LogP contribution in [0.25, 0.3) is 0 Å². The maximum atomic E-state index is 12.2. The van der Waals surface area contributed by atoms with Gasteiger partial charge in [-0.25, -0.2) is 0 Å². The summed E-state index contributed by atoms with van der Waals surface area (Å²) in [6, 6.07) is 9.79. The van der Waals surface area contributed by atoms with E-state index < -0.39 is 8.32 Å². The summed E-state index contributed by atoms with van der Waals surface area (Å²) in [4.78, 5) is 12.2. The molecule has 0 aliphatic rings. The summed E-state index contributed by atoms with van der Waals surface area (Å²) >= 11 is 0. The smallest absolute Gasteiger partial charge is 0.299 e. The average molecular weight is 264 g/mol. The van der Waals surface area contributed by atoms with E-state index in [9.17, 15) is 4.79 Å². The summed E-state index contributed by atoms with van der Waals surface area (Å²) < 4.78 is 5.82. The Bertz CT molecular complexity index is 404. The molecular weight excluding hydrogens is 240 g/mol. The van der Waals surface area contributed by atoms with Crippen LogP contribution in [0.2, 0.25) is 18.1 Å². The highest BCUT2D eigenvalue weighted by atomic mass is 28.4. The lowest BCUT2D eigenvalue weighted by Crippen LogP contribution is -2.43. The fraction of sp³-hybridized carbons (Fsp3) is 0.533. The summed E-state index contributed by atoms with van der Waals surface area (Å²) in [5.74, 6) is -0.298. The molecule has 0 amide bonds. The monoisotopic (exact) mass is 264 g/mol. The Morgan fingerprint density at radius 2 is 1.67 bits per heavy atom. The van der Waals surface area contributed by atoms with Gasteiger partial charge in [-0.3, -0.25) is 4.79 Å². The molecule has 3 heteroatoms. The molecule has 0 aliphatic carbocycles. The van der Waals surface area contributed by atoms with Crippen molar-refractivity contribution in [1.82, 2.24) is 0 Å². The first kappa shape index (κ1) is 15.0. The first-order valence-corrected chi connectivity index (χ1v) is 9.34. The lowest BCUT2D eigenvalue weighted by Gasteiger charge is -2.36. The Balaban J connectivity index is 2.78. The number of carbonyl (C=O) groups excluding carboxylic acids is 1. The highest BCUT2D eigenvalue weighted by molar-refractivity contribution is 6.75. The summed E-state index contributed by atoms with van der Waals surface area (Å²) in [5.41, 5.74) is 1.02. The van der Waals surface area contributed by atoms with Gasteiger partial charge in [0.25, 0.3) is 14.3 Å². The predicted molar refractivity (Wildman–Crippen MR) is 78.1 cm³/mol. The van der Waals surface area contributed by atoms with E-state index in [0.717, 1.165) is 5.56 Å². The van der Waals surface area contributed by atoms with Crippen molar-refractivity contribution in [2.75, 3.05) is 0 Å². The maximum Gasteiger partial charge on any atom is 0.299 e. The summed E-state index contributed by atoms with van der Waals surface area (Å²) in [7, 11) is -2.01. The van der Waals surface area contributed by atoms with Gasteiger partial charge in [-0.2, -0.15) is 0 Å². The summed E-state index contributed by atoms with van der Waals surface area (Å²) in [6.07, 6.45) is 0. The van der Waals surface area contributed by atoms with Gasteiger partial charge in [-0.1, -0.05) is 51.1 Å². The van der Waals surface area contributed by atoms with Crippen molar-refractivity contribution in [3.8, 4) is 0 Å². The van der Waals surface area contributed by atoms with Gasteiger partial charge in [0.1, 0.15) is 0 Å². The molecule has 0 heterocycles. The third kappa shape index (κ3) is 3.45. The zero-order valence-corrected chi connectivity index (χ0v) is 13.3. The van der Waals surface area contributed by atoms with Crippen LogP contribution in [0, 0.1) is 0 Å². The van der Waals surface area contributed by atoms with Gasteiger partial charge < -0.3 is 4.43 Å². The lowest BCUT2D eigenvalue weighted by atomic mass is 10.0. The van der Waals surface area contributed by atoms with Gasteiger partial charge in [0.05, 0.1) is 5.92 Å². The number of hydrogen-bond donors (Lipinski definition) is 0. The minimum absolute atomic E-state index is 0.0546. The van der Waals surface area contributed by atoms with Crippen molar-refractivity contribution in [1.29, 1.82) is 0 Å². The molecule has 1 unspecified atom stereocenters. The zero-order chi connectivity index (χ0) is 14.0. The Labute approximate surface area is 111 Å². The molecule has 1 atom stereocenters. The molecule has 1 aromatic carbocycles. The molecule has 0 aromatic heterocycles. The Hall–Kier alpha value is -1.09. The van der Waals surface area contributed by atoms with Gasteiger partial charge in [0, 0.05) is 0 Å². The van der Waals surface area contributed by atoms with E-state index in [4.69, 9.17) is 4.43 Å². The number of carbonyl (C=O) groups is 1. The van der Waals surface area contributed by atoms with E-state index in [0.29, 0.717) is 0 Å². The highest BCUT2D eigenvalue weighted by Crippen LogP contribution is 2.37. The van der Waals surface area contributed by atoms with Crippen LogP contribution < -0.4 is 0 Å². The second-order valence-corrected chi connectivity index (χ2v) is 11.0. The van der Waals surface area contributed by atoms with Crippen molar-refractivity contribution < 1.29 is 9.22 Å². The molecule has 18 heavy (non-hydrogen) atoms. The van der Waals surface area contributed by atoms with Crippen molar-refractivity contribution in [3.05, 3.63) is 35.9 Å². The van der Waals surface area contributed by atoms with Gasteiger partial charge >= 0.3 is 0 Å². The fourth-order valence-corrected chi connectivity index (χ4v) is 2.36. The molecule has 0 radical (unpaired) electrons. The lowest BCUT2D eigenvalue weighted by molar-refractivity contribution is -0.136. The topological polar surface area (TPSA) is 26.3 Å². The van der Waals surface area contributed by atoms with Crippen molar-refractivity contribution >= 4 is 14.3 Å². The van der Waals surface area contributed by atoms with Crippen molar-refractivity contribution in [2.45, 2.75) is 51.7 Å². The molecule has 0 saturated heterocycles. The molecule has 0 bridgehead atoms. The summed E-state index contributed by atoms with van der Waals surface area (Å²) in [6.45, 7) is 12.5. The number of rotatable bonds is 3. The van der Waals surface area contributed by atoms with Crippen LogP contribution in [-0.4, -0.2) is 14.3 Å². The quantitative estimate of drug-likeness (QED) is 0.759. The first-order chi connectivity index (χ1) is 8.15. The highest BCUT2D eigenvalue weighted by Gasteiger charge is 2.41. The van der Waals surface area contributed by atoms with Crippen LogP contribution >= 0.6 is 0 Å². The van der Waals surface area contributed by atoms with Crippen LogP contribution in [0.1, 0.15) is 39.2 Å². The summed E-state index contributed by atoms with van der Waals surface area (Å²) in [5, 5.41) is 0.0546. The number of benzene rings is 1. The Morgan fingerprint density at radius 3 is 2.11 bits per heavy atom. The molecular formula is C15H24O2Si. The largest absolute Gasteiger partial charge is 0.519 e. The molecule has 0 fully saturated rings. The van der Waals surface area contributed by atoms with Gasteiger partial charge in [-0.05, 0) is 30.6 Å². The molecule has 0 N–H and O–H groups in total. The van der Waals surface area contributed by atoms with Crippen LogP contribution in [0.4, 0.5) is 0 Å². The molecule has 1 aromatic rings. The first-order valence-electron chi connectivity index (χ1n) is 6.43. The third-order valence-corrected chi connectivity index (χ3v) is 8.14. The van der Waals surface area contributed by atoms with Crippen LogP contribution in [0.5, 0.6) is 0 Å². The zero-order valence-electron chi connectivity index (χ0n) is 12.3. The molecule has 100 valence electrons. The Morgan fingerprint density at radius 1 is 1.17 bits per heavy atom. The standard InChI is InChI=1S/C15H24O2Si/c1-12(13-10-8-7-9-11-13)14(16)17-18(5,6)15(2,3)4/h7-12H,1-6H3. The minimum atomic E-state index is -2.01. The molecule has 0 spiro atoms. The predicted octanol–water partition coefficient (Wildman–Crippen LogP) is 4.34. The molecule has 2 nitrogen and oxygen atoms in total. The number of hydrogen-bond acceptors (Lipinski definition) is 2.